The van der Waals surface area contributed by atoms with Gasteiger partial charge in [-0.25, -0.2) is 0 Å². The molecule has 2 rings (SSSR count). The van der Waals surface area contributed by atoms with Gasteiger partial charge in [0.05, 0.1) is 13.1 Å². The molecule has 0 spiro atoms. The first-order chi connectivity index (χ1) is 9.99. The van der Waals surface area contributed by atoms with Crippen molar-refractivity contribution in [2.75, 3.05) is 27.2 Å². The molecule has 1 fully saturated rings. The van der Waals surface area contributed by atoms with Crippen molar-refractivity contribution in [3.63, 3.8) is 0 Å². The third-order valence-corrected chi connectivity index (χ3v) is 4.22. The minimum absolute atomic E-state index is 0.531. The third kappa shape index (κ3) is 5.13. The van der Waals surface area contributed by atoms with E-state index in [9.17, 15) is 0 Å². The lowest BCUT2D eigenvalue weighted by Crippen LogP contribution is -2.39. The summed E-state index contributed by atoms with van der Waals surface area (Å²) in [6.07, 6.45) is 2.64. The van der Waals surface area contributed by atoms with E-state index in [4.69, 9.17) is 4.42 Å². The predicted molar refractivity (Wildman–Crippen MR) is 87.4 cm³/mol. The maximum absolute atomic E-state index is 6.06. The Morgan fingerprint density at radius 2 is 2.10 bits per heavy atom. The molecule has 1 unspecified atom stereocenters. The predicted octanol–water partition coefficient (Wildman–Crippen LogP) is 2.61. The van der Waals surface area contributed by atoms with Crippen LogP contribution in [0.4, 0.5) is 0 Å². The van der Waals surface area contributed by atoms with Crippen LogP contribution in [0.1, 0.15) is 43.8 Å². The van der Waals surface area contributed by atoms with Gasteiger partial charge in [-0.15, -0.1) is 0 Å². The van der Waals surface area contributed by atoms with Crippen molar-refractivity contribution in [2.24, 2.45) is 0 Å². The Kier molecular flexibility index (Phi) is 5.85. The fraction of sp³-hybridized carbons (Fsp3) is 0.765. The molecule has 1 atom stereocenters. The lowest BCUT2D eigenvalue weighted by molar-refractivity contribution is 0.162. The largest absolute Gasteiger partial charge is 0.463 e. The van der Waals surface area contributed by atoms with Crippen molar-refractivity contribution in [3.8, 4) is 0 Å². The fourth-order valence-corrected chi connectivity index (χ4v) is 2.79. The fourth-order valence-electron chi connectivity index (χ4n) is 2.79. The molecule has 0 amide bonds. The van der Waals surface area contributed by atoms with Crippen LogP contribution in [0, 0.1) is 6.92 Å². The molecule has 1 aliphatic carbocycles. The number of aryl methyl sites for hydroxylation is 1. The number of hydrogen-bond donors (Lipinski definition) is 1. The van der Waals surface area contributed by atoms with E-state index in [1.807, 2.05) is 0 Å². The number of rotatable bonds is 9. The monoisotopic (exact) mass is 293 g/mol. The number of hydrogen-bond acceptors (Lipinski definition) is 4. The van der Waals surface area contributed by atoms with Gasteiger partial charge in [-0.2, -0.15) is 0 Å². The first-order valence-electron chi connectivity index (χ1n) is 8.20. The summed E-state index contributed by atoms with van der Waals surface area (Å²) >= 11 is 0. The highest BCUT2D eigenvalue weighted by Gasteiger charge is 2.21. The first-order valence-corrected chi connectivity index (χ1v) is 8.20. The molecule has 120 valence electrons. The van der Waals surface area contributed by atoms with E-state index in [0.29, 0.717) is 6.04 Å². The SMILES string of the molecule is CCN(Cc1cc(C)c(CNC2CC2)o1)C(C)CN(C)C. The average molecular weight is 293 g/mol. The van der Waals surface area contributed by atoms with E-state index < -0.39 is 0 Å². The van der Waals surface area contributed by atoms with E-state index >= 15 is 0 Å². The summed E-state index contributed by atoms with van der Waals surface area (Å²) in [5.41, 5.74) is 1.27. The van der Waals surface area contributed by atoms with E-state index in [2.05, 4.69) is 56.0 Å². The highest BCUT2D eigenvalue weighted by molar-refractivity contribution is 5.20. The molecule has 0 radical (unpaired) electrons. The van der Waals surface area contributed by atoms with Crippen LogP contribution in [-0.4, -0.2) is 49.1 Å². The second kappa shape index (κ2) is 7.43. The number of nitrogens with one attached hydrogen (secondary N) is 1. The summed E-state index contributed by atoms with van der Waals surface area (Å²) < 4.78 is 6.06. The smallest absolute Gasteiger partial charge is 0.120 e. The molecule has 1 N–H and O–H groups in total. The van der Waals surface area contributed by atoms with Gasteiger partial charge in [0, 0.05) is 18.6 Å². The molecule has 0 bridgehead atoms. The molecule has 1 aromatic heterocycles. The summed E-state index contributed by atoms with van der Waals surface area (Å²) in [5.74, 6) is 2.20. The molecule has 0 aliphatic heterocycles. The molecular weight excluding hydrogens is 262 g/mol. The van der Waals surface area contributed by atoms with E-state index in [1.54, 1.807) is 0 Å². The second-order valence-corrected chi connectivity index (χ2v) is 6.65. The summed E-state index contributed by atoms with van der Waals surface area (Å²) in [5, 5.41) is 3.53. The zero-order chi connectivity index (χ0) is 15.4. The normalized spacial score (nSPS) is 16.9. The van der Waals surface area contributed by atoms with Crippen molar-refractivity contribution in [1.29, 1.82) is 0 Å². The minimum Gasteiger partial charge on any atom is -0.463 e. The standard InChI is InChI=1S/C17H31N3O/c1-6-20(14(3)11-19(4)5)12-16-9-13(2)17(21-16)10-18-15-7-8-15/h9,14-15,18H,6-8,10-12H2,1-5H3. The van der Waals surface area contributed by atoms with Gasteiger partial charge in [0.25, 0.3) is 0 Å². The van der Waals surface area contributed by atoms with Crippen molar-refractivity contribution in [3.05, 3.63) is 23.2 Å². The molecule has 0 aromatic carbocycles. The Morgan fingerprint density at radius 1 is 1.38 bits per heavy atom. The van der Waals surface area contributed by atoms with Gasteiger partial charge >= 0.3 is 0 Å². The lowest BCUT2D eigenvalue weighted by Gasteiger charge is -2.29. The van der Waals surface area contributed by atoms with Crippen LogP contribution in [0.2, 0.25) is 0 Å². The van der Waals surface area contributed by atoms with Crippen LogP contribution in [0.25, 0.3) is 0 Å². The summed E-state index contributed by atoms with van der Waals surface area (Å²) in [4.78, 5) is 4.71. The Labute approximate surface area is 129 Å². The van der Waals surface area contributed by atoms with Crippen molar-refractivity contribution in [2.45, 2.75) is 58.8 Å². The minimum atomic E-state index is 0.531. The summed E-state index contributed by atoms with van der Waals surface area (Å²) in [6.45, 7) is 10.5. The quantitative estimate of drug-likeness (QED) is 0.758. The maximum atomic E-state index is 6.06. The van der Waals surface area contributed by atoms with Crippen molar-refractivity contribution in [1.82, 2.24) is 15.1 Å². The highest BCUT2D eigenvalue weighted by Crippen LogP contribution is 2.22. The molecule has 1 saturated carbocycles. The summed E-state index contributed by atoms with van der Waals surface area (Å²) in [6, 6.07) is 3.46. The molecule has 1 heterocycles. The van der Waals surface area contributed by atoms with Gasteiger partial charge in [-0.05, 0) is 59.0 Å². The molecule has 4 nitrogen and oxygen atoms in total. The van der Waals surface area contributed by atoms with Gasteiger partial charge in [0.1, 0.15) is 11.5 Å². The summed E-state index contributed by atoms with van der Waals surface area (Å²) in [7, 11) is 4.26. The molecule has 4 heteroatoms. The van der Waals surface area contributed by atoms with Gasteiger partial charge < -0.3 is 14.6 Å². The van der Waals surface area contributed by atoms with Gasteiger partial charge in [0.2, 0.25) is 0 Å². The van der Waals surface area contributed by atoms with Crippen LogP contribution in [0.3, 0.4) is 0 Å². The van der Waals surface area contributed by atoms with Crippen molar-refractivity contribution < 1.29 is 4.42 Å². The zero-order valence-corrected chi connectivity index (χ0v) is 14.3. The van der Waals surface area contributed by atoms with Crippen LogP contribution >= 0.6 is 0 Å². The topological polar surface area (TPSA) is 31.6 Å². The third-order valence-electron chi connectivity index (χ3n) is 4.22. The number of furan rings is 1. The van der Waals surface area contributed by atoms with Gasteiger partial charge in [-0.3, -0.25) is 4.90 Å². The van der Waals surface area contributed by atoms with E-state index in [-0.39, 0.29) is 0 Å². The van der Waals surface area contributed by atoms with Crippen LogP contribution < -0.4 is 5.32 Å². The highest BCUT2D eigenvalue weighted by atomic mass is 16.3. The van der Waals surface area contributed by atoms with E-state index in [1.165, 1.54) is 18.4 Å². The zero-order valence-electron chi connectivity index (χ0n) is 14.3. The average Bonchev–Trinajstić information content (AvgIpc) is 3.17. The molecule has 21 heavy (non-hydrogen) atoms. The molecule has 0 saturated heterocycles. The maximum Gasteiger partial charge on any atom is 0.120 e. The van der Waals surface area contributed by atoms with Gasteiger partial charge in [0.15, 0.2) is 0 Å². The molecular formula is C17H31N3O. The number of nitrogens with zero attached hydrogens (tertiary/aromatic N) is 2. The Hall–Kier alpha value is -0.840. The molecule has 1 aliphatic rings. The van der Waals surface area contributed by atoms with Crippen molar-refractivity contribution >= 4 is 0 Å². The Balaban J connectivity index is 1.91. The van der Waals surface area contributed by atoms with Crippen LogP contribution in [0.15, 0.2) is 10.5 Å². The Morgan fingerprint density at radius 3 is 2.67 bits per heavy atom. The van der Waals surface area contributed by atoms with Crippen LogP contribution in [0.5, 0.6) is 0 Å². The lowest BCUT2D eigenvalue weighted by atomic mass is 10.2. The van der Waals surface area contributed by atoms with E-state index in [0.717, 1.165) is 43.7 Å². The second-order valence-electron chi connectivity index (χ2n) is 6.65. The Bertz CT molecular complexity index is 437. The van der Waals surface area contributed by atoms with Crippen LogP contribution in [-0.2, 0) is 13.1 Å². The number of likely N-dealkylation sites (N-methyl/N-ethyl adjacent to an activating group) is 2. The molecule has 1 aromatic rings. The van der Waals surface area contributed by atoms with Gasteiger partial charge in [-0.1, -0.05) is 6.92 Å². The first kappa shape index (κ1) is 16.5.